The van der Waals surface area contributed by atoms with E-state index in [2.05, 4.69) is 68.8 Å². The maximum Gasteiger partial charge on any atom is 0.182 e. The summed E-state index contributed by atoms with van der Waals surface area (Å²) in [6.07, 6.45) is 10.2. The number of rotatable bonds is 4. The molecular formula is C31H34N4S. The van der Waals surface area contributed by atoms with Crippen LogP contribution in [0.3, 0.4) is 0 Å². The van der Waals surface area contributed by atoms with Crippen molar-refractivity contribution in [2.75, 3.05) is 23.3 Å². The van der Waals surface area contributed by atoms with E-state index in [0.717, 1.165) is 23.1 Å². The number of H-pyrrole nitrogens is 1. The molecule has 2 atom stereocenters. The van der Waals surface area contributed by atoms with Gasteiger partial charge in [-0.3, -0.25) is 4.90 Å². The molecule has 0 aliphatic carbocycles. The van der Waals surface area contributed by atoms with E-state index in [1.165, 1.54) is 68.1 Å². The van der Waals surface area contributed by atoms with Gasteiger partial charge < -0.3 is 15.2 Å². The third-order valence-electron chi connectivity index (χ3n) is 8.00. The van der Waals surface area contributed by atoms with E-state index in [4.69, 9.17) is 12.2 Å². The number of hydrogen-bond acceptors (Lipinski definition) is 2. The number of thiocarbonyl (C=S) groups is 1. The van der Waals surface area contributed by atoms with E-state index < -0.39 is 0 Å². The first-order chi connectivity index (χ1) is 17.8. The number of hydrogen-bond donors (Lipinski definition) is 2. The number of benzene rings is 3. The minimum atomic E-state index is 0.608. The molecule has 4 aromatic rings. The minimum absolute atomic E-state index is 0.608. The summed E-state index contributed by atoms with van der Waals surface area (Å²) >= 11 is 5.96. The van der Waals surface area contributed by atoms with E-state index in [-0.39, 0.29) is 0 Å². The molecule has 184 valence electrons. The minimum Gasteiger partial charge on any atom is -0.361 e. The fourth-order valence-corrected chi connectivity index (χ4v) is 6.46. The van der Waals surface area contributed by atoms with Gasteiger partial charge in [0.2, 0.25) is 0 Å². The Labute approximate surface area is 219 Å². The van der Waals surface area contributed by atoms with Crippen LogP contribution in [0.5, 0.6) is 0 Å². The number of fused-ring (bicyclic) bond motifs is 2. The van der Waals surface area contributed by atoms with Crippen molar-refractivity contribution in [3.05, 3.63) is 90.6 Å². The number of nitrogens with zero attached hydrogens (tertiary/aromatic N) is 2. The zero-order chi connectivity index (χ0) is 24.3. The molecule has 0 saturated carbocycles. The largest absolute Gasteiger partial charge is 0.361 e. The van der Waals surface area contributed by atoms with Crippen molar-refractivity contribution in [1.29, 1.82) is 0 Å². The molecule has 5 heteroatoms. The second-order valence-corrected chi connectivity index (χ2v) is 10.6. The highest BCUT2D eigenvalue weighted by molar-refractivity contribution is 7.80. The Morgan fingerprint density at radius 2 is 1.58 bits per heavy atom. The smallest absolute Gasteiger partial charge is 0.182 e. The van der Waals surface area contributed by atoms with Gasteiger partial charge in [0.05, 0.1) is 0 Å². The molecular weight excluding hydrogens is 460 g/mol. The zero-order valence-electron chi connectivity index (χ0n) is 20.7. The molecule has 2 aliphatic heterocycles. The van der Waals surface area contributed by atoms with Crippen LogP contribution in [0.2, 0.25) is 0 Å². The highest BCUT2D eigenvalue weighted by atomic mass is 32.1. The van der Waals surface area contributed by atoms with Crippen LogP contribution in [0.4, 0.5) is 17.1 Å². The van der Waals surface area contributed by atoms with E-state index in [1.54, 1.807) is 0 Å². The van der Waals surface area contributed by atoms with Gasteiger partial charge >= 0.3 is 0 Å². The Morgan fingerprint density at radius 1 is 0.833 bits per heavy atom. The number of aromatic nitrogens is 1. The van der Waals surface area contributed by atoms with Gasteiger partial charge in [-0.15, -0.1) is 0 Å². The quantitative estimate of drug-likeness (QED) is 0.283. The Morgan fingerprint density at radius 3 is 2.33 bits per heavy atom. The maximum atomic E-state index is 5.96. The lowest BCUT2D eigenvalue weighted by atomic mass is 9.90. The van der Waals surface area contributed by atoms with Gasteiger partial charge in [0.15, 0.2) is 5.11 Å². The average Bonchev–Trinajstić information content (AvgIpc) is 3.21. The van der Waals surface area contributed by atoms with Crippen LogP contribution < -0.4 is 10.2 Å². The molecule has 2 unspecified atom stereocenters. The van der Waals surface area contributed by atoms with Crippen LogP contribution in [0.1, 0.15) is 50.0 Å². The van der Waals surface area contributed by atoms with Gasteiger partial charge in [-0.25, -0.2) is 0 Å². The monoisotopic (exact) mass is 494 g/mol. The molecule has 1 aromatic heterocycles. The molecule has 2 N–H and O–H groups in total. The van der Waals surface area contributed by atoms with E-state index in [0.29, 0.717) is 11.0 Å². The third kappa shape index (κ3) is 4.78. The topological polar surface area (TPSA) is 34.3 Å². The second-order valence-electron chi connectivity index (χ2n) is 10.2. The lowest BCUT2D eigenvalue weighted by molar-refractivity contribution is 0.151. The second kappa shape index (κ2) is 10.5. The van der Waals surface area contributed by atoms with Crippen LogP contribution in [0.15, 0.2) is 85.1 Å². The molecule has 2 saturated heterocycles. The molecule has 4 nitrogen and oxygen atoms in total. The van der Waals surface area contributed by atoms with Crippen molar-refractivity contribution in [3.63, 3.8) is 0 Å². The van der Waals surface area contributed by atoms with Crippen molar-refractivity contribution in [1.82, 2.24) is 9.88 Å². The Kier molecular flexibility index (Phi) is 6.75. The Balaban J connectivity index is 1.26. The van der Waals surface area contributed by atoms with Crippen LogP contribution in [-0.4, -0.2) is 34.1 Å². The van der Waals surface area contributed by atoms with Crippen LogP contribution >= 0.6 is 12.2 Å². The number of para-hydroxylation sites is 2. The molecule has 36 heavy (non-hydrogen) atoms. The first-order valence-corrected chi connectivity index (χ1v) is 13.7. The molecule has 0 amide bonds. The number of nitrogens with one attached hydrogen (secondary N) is 2. The van der Waals surface area contributed by atoms with Gasteiger partial charge in [-0.2, -0.15) is 0 Å². The van der Waals surface area contributed by atoms with Crippen molar-refractivity contribution in [2.45, 2.75) is 50.5 Å². The van der Waals surface area contributed by atoms with Gasteiger partial charge in [-0.05, 0) is 111 Å². The number of piperidine rings is 1. The van der Waals surface area contributed by atoms with Crippen LogP contribution in [0.25, 0.3) is 10.9 Å². The Hall–Kier alpha value is -3.15. The molecule has 3 aromatic carbocycles. The molecule has 2 aliphatic rings. The zero-order valence-corrected chi connectivity index (χ0v) is 21.5. The van der Waals surface area contributed by atoms with Gasteiger partial charge in [0.1, 0.15) is 0 Å². The predicted molar refractivity (Wildman–Crippen MR) is 155 cm³/mol. The van der Waals surface area contributed by atoms with Gasteiger partial charge in [-0.1, -0.05) is 42.8 Å². The summed E-state index contributed by atoms with van der Waals surface area (Å²) in [5.41, 5.74) is 5.77. The molecule has 0 radical (unpaired) electrons. The SMILES string of the molecule is S=C(Nc1ccc2[nH]cc(C3CCC4CCCCN4CC3)c2c1)N(c1ccccc1)c1ccccc1. The first-order valence-electron chi connectivity index (χ1n) is 13.3. The van der Waals surface area contributed by atoms with E-state index in [9.17, 15) is 0 Å². The third-order valence-corrected chi connectivity index (χ3v) is 8.28. The molecule has 0 bridgehead atoms. The highest BCUT2D eigenvalue weighted by Gasteiger charge is 2.28. The first kappa shape index (κ1) is 23.3. The predicted octanol–water partition coefficient (Wildman–Crippen LogP) is 7.83. The summed E-state index contributed by atoms with van der Waals surface area (Å²) in [7, 11) is 0. The van der Waals surface area contributed by atoms with Gasteiger partial charge in [0, 0.05) is 40.2 Å². The standard InChI is InChI=1S/C31H34N4S/c36-31(35(26-10-3-1-4-11-26)27-12-5-2-6-13-27)33-24-15-17-30-28(21-24)29(22-32-30)23-14-16-25-9-7-8-19-34(25)20-18-23/h1-6,10-13,15,17,21-23,25,32H,7-9,14,16,18-20H2,(H,33,36). The highest BCUT2D eigenvalue weighted by Crippen LogP contribution is 2.37. The Bertz CT molecular complexity index is 1260. The molecule has 0 spiro atoms. The summed E-state index contributed by atoms with van der Waals surface area (Å²) in [4.78, 5) is 8.39. The summed E-state index contributed by atoms with van der Waals surface area (Å²) in [5, 5.41) is 5.52. The van der Waals surface area contributed by atoms with Crippen molar-refractivity contribution in [2.24, 2.45) is 0 Å². The lowest BCUT2D eigenvalue weighted by Gasteiger charge is -2.33. The van der Waals surface area contributed by atoms with E-state index >= 15 is 0 Å². The van der Waals surface area contributed by atoms with Crippen LogP contribution in [0, 0.1) is 0 Å². The summed E-state index contributed by atoms with van der Waals surface area (Å²) in [6, 6.07) is 28.0. The molecule has 3 heterocycles. The summed E-state index contributed by atoms with van der Waals surface area (Å²) in [5.74, 6) is 0.608. The molecule has 2 fully saturated rings. The number of aromatic amines is 1. The maximum absolute atomic E-state index is 5.96. The van der Waals surface area contributed by atoms with Crippen LogP contribution in [-0.2, 0) is 0 Å². The fourth-order valence-electron chi connectivity index (χ4n) is 6.13. The summed E-state index contributed by atoms with van der Waals surface area (Å²) in [6.45, 7) is 2.52. The van der Waals surface area contributed by atoms with E-state index in [1.807, 2.05) is 36.4 Å². The van der Waals surface area contributed by atoms with Gasteiger partial charge in [0.25, 0.3) is 0 Å². The average molecular weight is 495 g/mol. The molecule has 6 rings (SSSR count). The number of anilines is 3. The lowest BCUT2D eigenvalue weighted by Crippen LogP contribution is -2.38. The normalized spacial score (nSPS) is 20.4. The summed E-state index contributed by atoms with van der Waals surface area (Å²) < 4.78 is 0. The van der Waals surface area contributed by atoms with Crippen molar-refractivity contribution >= 4 is 45.3 Å². The van der Waals surface area contributed by atoms with Crippen molar-refractivity contribution < 1.29 is 0 Å². The fraction of sp³-hybridized carbons (Fsp3) is 0.323. The van der Waals surface area contributed by atoms with Crippen molar-refractivity contribution in [3.8, 4) is 0 Å².